The third-order valence-corrected chi connectivity index (χ3v) is 2.14. The van der Waals surface area contributed by atoms with Crippen LogP contribution in [0.2, 0.25) is 0 Å². The van der Waals surface area contributed by atoms with Crippen LogP contribution in [0.4, 0.5) is 0 Å². The van der Waals surface area contributed by atoms with Crippen molar-refractivity contribution in [1.82, 2.24) is 10.4 Å². The molecule has 1 fully saturated rings. The average molecular weight is 172 g/mol. The Kier molecular flexibility index (Phi) is 4.58. The number of rotatable bonds is 4. The number of ether oxygens (including phenoxy) is 1. The minimum atomic E-state index is 0.605. The molecule has 0 aliphatic carbocycles. The summed E-state index contributed by atoms with van der Waals surface area (Å²) >= 11 is 0. The predicted molar refractivity (Wildman–Crippen MR) is 49.9 cm³/mol. The lowest BCUT2D eigenvalue weighted by atomic mass is 10.2. The highest BCUT2D eigenvalue weighted by atomic mass is 16.5. The van der Waals surface area contributed by atoms with Gasteiger partial charge in [-0.2, -0.15) is 0 Å². The molecule has 0 radical (unpaired) electrons. The Bertz CT molecular complexity index is 113. The second-order valence-corrected chi connectivity index (χ2v) is 3.42. The van der Waals surface area contributed by atoms with Crippen LogP contribution in [0, 0.1) is 0 Å². The van der Waals surface area contributed by atoms with Crippen LogP contribution in [-0.2, 0) is 4.74 Å². The van der Waals surface area contributed by atoms with Gasteiger partial charge in [-0.1, -0.05) is 13.3 Å². The van der Waals surface area contributed by atoms with Crippen LogP contribution in [0.3, 0.4) is 0 Å². The van der Waals surface area contributed by atoms with Gasteiger partial charge in [-0.25, -0.2) is 5.01 Å². The van der Waals surface area contributed by atoms with Gasteiger partial charge in [-0.05, 0) is 13.3 Å². The molecule has 12 heavy (non-hydrogen) atoms. The SMILES string of the molecule is CCCC(C)NN1CCOCC1. The first-order chi connectivity index (χ1) is 5.83. The summed E-state index contributed by atoms with van der Waals surface area (Å²) in [6.07, 6.45) is 2.50. The van der Waals surface area contributed by atoms with Crippen molar-refractivity contribution in [2.45, 2.75) is 32.7 Å². The molecule has 72 valence electrons. The molecule has 3 heteroatoms. The second kappa shape index (κ2) is 5.51. The molecule has 1 heterocycles. The fourth-order valence-electron chi connectivity index (χ4n) is 1.50. The highest BCUT2D eigenvalue weighted by Gasteiger charge is 2.11. The minimum absolute atomic E-state index is 0.605. The summed E-state index contributed by atoms with van der Waals surface area (Å²) in [5, 5.41) is 2.27. The largest absolute Gasteiger partial charge is 0.379 e. The number of nitrogens with one attached hydrogen (secondary N) is 1. The average Bonchev–Trinajstić information content (AvgIpc) is 2.06. The molecule has 0 amide bonds. The quantitative estimate of drug-likeness (QED) is 0.685. The van der Waals surface area contributed by atoms with Crippen LogP contribution in [0.1, 0.15) is 26.7 Å². The summed E-state index contributed by atoms with van der Waals surface area (Å²) < 4.78 is 5.26. The van der Waals surface area contributed by atoms with Gasteiger partial charge >= 0.3 is 0 Å². The third kappa shape index (κ3) is 3.52. The molecular weight excluding hydrogens is 152 g/mol. The van der Waals surface area contributed by atoms with Crippen molar-refractivity contribution >= 4 is 0 Å². The Balaban J connectivity index is 2.11. The minimum Gasteiger partial charge on any atom is -0.379 e. The summed E-state index contributed by atoms with van der Waals surface area (Å²) in [5.41, 5.74) is 3.47. The summed E-state index contributed by atoms with van der Waals surface area (Å²) in [5.74, 6) is 0. The van der Waals surface area contributed by atoms with Crippen LogP contribution in [0.5, 0.6) is 0 Å². The fourth-order valence-corrected chi connectivity index (χ4v) is 1.50. The predicted octanol–water partition coefficient (Wildman–Crippen LogP) is 1.01. The number of hydrogen-bond donors (Lipinski definition) is 1. The summed E-state index contributed by atoms with van der Waals surface area (Å²) in [6, 6.07) is 0.605. The number of morpholine rings is 1. The Morgan fingerprint density at radius 3 is 2.67 bits per heavy atom. The van der Waals surface area contributed by atoms with Crippen molar-refractivity contribution in [2.24, 2.45) is 0 Å². The Hall–Kier alpha value is -0.120. The van der Waals surface area contributed by atoms with E-state index in [-0.39, 0.29) is 0 Å². The zero-order chi connectivity index (χ0) is 8.81. The lowest BCUT2D eigenvalue weighted by molar-refractivity contribution is 0.00439. The van der Waals surface area contributed by atoms with Crippen molar-refractivity contribution in [3.05, 3.63) is 0 Å². The topological polar surface area (TPSA) is 24.5 Å². The maximum absolute atomic E-state index is 5.26. The molecule has 1 rings (SSSR count). The monoisotopic (exact) mass is 172 g/mol. The molecule has 3 nitrogen and oxygen atoms in total. The lowest BCUT2D eigenvalue weighted by Gasteiger charge is -2.30. The van der Waals surface area contributed by atoms with E-state index in [9.17, 15) is 0 Å². The Morgan fingerprint density at radius 1 is 1.42 bits per heavy atom. The zero-order valence-corrected chi connectivity index (χ0v) is 8.18. The van der Waals surface area contributed by atoms with Gasteiger partial charge in [0.2, 0.25) is 0 Å². The van der Waals surface area contributed by atoms with Crippen molar-refractivity contribution in [2.75, 3.05) is 26.3 Å². The molecule has 0 aromatic carbocycles. The van der Waals surface area contributed by atoms with Gasteiger partial charge in [0.15, 0.2) is 0 Å². The van der Waals surface area contributed by atoms with Gasteiger partial charge in [0.25, 0.3) is 0 Å². The summed E-state index contributed by atoms with van der Waals surface area (Å²) in [4.78, 5) is 0. The van der Waals surface area contributed by atoms with Crippen LogP contribution >= 0.6 is 0 Å². The first kappa shape index (κ1) is 9.96. The second-order valence-electron chi connectivity index (χ2n) is 3.42. The van der Waals surface area contributed by atoms with Crippen molar-refractivity contribution < 1.29 is 4.74 Å². The zero-order valence-electron chi connectivity index (χ0n) is 8.18. The highest BCUT2D eigenvalue weighted by Crippen LogP contribution is 1.98. The normalized spacial score (nSPS) is 22.5. The van der Waals surface area contributed by atoms with E-state index < -0.39 is 0 Å². The van der Waals surface area contributed by atoms with E-state index in [0.717, 1.165) is 26.3 Å². The molecular formula is C9H20N2O. The van der Waals surface area contributed by atoms with E-state index in [0.29, 0.717) is 6.04 Å². The van der Waals surface area contributed by atoms with Gasteiger partial charge in [0.05, 0.1) is 13.2 Å². The van der Waals surface area contributed by atoms with E-state index in [4.69, 9.17) is 4.74 Å². The van der Waals surface area contributed by atoms with Crippen LogP contribution < -0.4 is 5.43 Å². The van der Waals surface area contributed by atoms with Gasteiger partial charge in [0.1, 0.15) is 0 Å². The van der Waals surface area contributed by atoms with Crippen molar-refractivity contribution in [1.29, 1.82) is 0 Å². The molecule has 1 saturated heterocycles. The van der Waals surface area contributed by atoms with Gasteiger partial charge in [-0.15, -0.1) is 0 Å². The summed E-state index contributed by atoms with van der Waals surface area (Å²) in [6.45, 7) is 8.23. The Labute approximate surface area is 75.0 Å². The molecule has 0 saturated carbocycles. The first-order valence-corrected chi connectivity index (χ1v) is 4.91. The van der Waals surface area contributed by atoms with Crippen LogP contribution in [-0.4, -0.2) is 37.4 Å². The first-order valence-electron chi connectivity index (χ1n) is 4.91. The molecule has 1 N–H and O–H groups in total. The highest BCUT2D eigenvalue weighted by molar-refractivity contribution is 4.62. The molecule has 1 unspecified atom stereocenters. The molecule has 0 spiro atoms. The standard InChI is InChI=1S/C9H20N2O/c1-3-4-9(2)10-11-5-7-12-8-6-11/h9-10H,3-8H2,1-2H3. The molecule has 1 aliphatic rings. The van der Waals surface area contributed by atoms with Crippen molar-refractivity contribution in [3.8, 4) is 0 Å². The van der Waals surface area contributed by atoms with Gasteiger partial charge < -0.3 is 4.74 Å². The van der Waals surface area contributed by atoms with E-state index >= 15 is 0 Å². The smallest absolute Gasteiger partial charge is 0.0608 e. The van der Waals surface area contributed by atoms with Crippen molar-refractivity contribution in [3.63, 3.8) is 0 Å². The molecule has 0 bridgehead atoms. The molecule has 0 aromatic rings. The maximum atomic E-state index is 5.26. The number of hydrogen-bond acceptors (Lipinski definition) is 3. The van der Waals surface area contributed by atoms with Crippen LogP contribution in [0.15, 0.2) is 0 Å². The van der Waals surface area contributed by atoms with Gasteiger partial charge in [-0.3, -0.25) is 5.43 Å². The third-order valence-electron chi connectivity index (χ3n) is 2.14. The van der Waals surface area contributed by atoms with E-state index in [1.165, 1.54) is 12.8 Å². The number of hydrazine groups is 1. The van der Waals surface area contributed by atoms with E-state index in [1.807, 2.05) is 0 Å². The molecule has 1 aliphatic heterocycles. The summed E-state index contributed by atoms with van der Waals surface area (Å²) in [7, 11) is 0. The lowest BCUT2D eigenvalue weighted by Crippen LogP contribution is -2.49. The van der Waals surface area contributed by atoms with E-state index in [2.05, 4.69) is 24.3 Å². The van der Waals surface area contributed by atoms with Gasteiger partial charge in [0, 0.05) is 19.1 Å². The maximum Gasteiger partial charge on any atom is 0.0608 e. The van der Waals surface area contributed by atoms with E-state index in [1.54, 1.807) is 0 Å². The molecule has 1 atom stereocenters. The Morgan fingerprint density at radius 2 is 2.08 bits per heavy atom. The molecule has 0 aromatic heterocycles. The fraction of sp³-hybridized carbons (Fsp3) is 1.00. The number of nitrogens with zero attached hydrogens (tertiary/aromatic N) is 1. The van der Waals surface area contributed by atoms with Crippen LogP contribution in [0.25, 0.3) is 0 Å².